The van der Waals surface area contributed by atoms with E-state index in [9.17, 15) is 18.3 Å². The van der Waals surface area contributed by atoms with Crippen LogP contribution in [0, 0.1) is 0 Å². The summed E-state index contributed by atoms with van der Waals surface area (Å²) in [7, 11) is -2.48. The highest BCUT2D eigenvalue weighted by molar-refractivity contribution is 9.11. The van der Waals surface area contributed by atoms with E-state index in [4.69, 9.17) is 0 Å². The van der Waals surface area contributed by atoms with Crippen LogP contribution in [-0.2, 0) is 14.8 Å². The van der Waals surface area contributed by atoms with Crippen LogP contribution in [0.4, 0.5) is 0 Å². The molecule has 1 aliphatic heterocycles. The van der Waals surface area contributed by atoms with Crippen molar-refractivity contribution in [3.8, 4) is 0 Å². The number of thiophene rings is 1. The average molecular weight is 384 g/mol. The molecule has 6 nitrogen and oxygen atoms in total. The van der Waals surface area contributed by atoms with Gasteiger partial charge in [-0.25, -0.2) is 13.2 Å². The lowest BCUT2D eigenvalue weighted by molar-refractivity contribution is 0.0606. The molecule has 1 N–H and O–H groups in total. The van der Waals surface area contributed by atoms with E-state index in [0.717, 1.165) is 17.8 Å². The number of nitrogens with zero attached hydrogens (tertiary/aromatic N) is 1. The fraction of sp³-hybridized carbons (Fsp3) is 0.545. The molecule has 0 saturated carbocycles. The number of aliphatic hydroxyl groups is 1. The van der Waals surface area contributed by atoms with Gasteiger partial charge in [0.05, 0.1) is 17.5 Å². The summed E-state index contributed by atoms with van der Waals surface area (Å²) in [5, 5.41) is 9.26. The molecule has 0 bridgehead atoms. The van der Waals surface area contributed by atoms with Crippen LogP contribution in [0.2, 0.25) is 0 Å². The maximum absolute atomic E-state index is 12.6. The molecule has 1 aromatic rings. The largest absolute Gasteiger partial charge is 0.465 e. The molecule has 20 heavy (non-hydrogen) atoms. The summed E-state index contributed by atoms with van der Waals surface area (Å²) in [4.78, 5) is 11.7. The molecule has 1 aromatic heterocycles. The van der Waals surface area contributed by atoms with Gasteiger partial charge in [-0.15, -0.1) is 11.3 Å². The van der Waals surface area contributed by atoms with E-state index in [-0.39, 0.29) is 16.4 Å². The molecule has 1 aliphatic rings. The van der Waals surface area contributed by atoms with Crippen molar-refractivity contribution in [3.05, 3.63) is 14.7 Å². The Morgan fingerprint density at radius 2 is 2.35 bits per heavy atom. The van der Waals surface area contributed by atoms with E-state index in [2.05, 4.69) is 20.7 Å². The van der Waals surface area contributed by atoms with Crippen LogP contribution in [0.3, 0.4) is 0 Å². The van der Waals surface area contributed by atoms with Crippen molar-refractivity contribution >= 4 is 43.3 Å². The van der Waals surface area contributed by atoms with Gasteiger partial charge in [-0.2, -0.15) is 4.31 Å². The molecular weight excluding hydrogens is 370 g/mol. The number of rotatable bonds is 4. The van der Waals surface area contributed by atoms with E-state index < -0.39 is 22.0 Å². The Bertz CT molecular complexity index is 612. The van der Waals surface area contributed by atoms with Crippen LogP contribution in [0.5, 0.6) is 0 Å². The van der Waals surface area contributed by atoms with Gasteiger partial charge >= 0.3 is 5.97 Å². The number of aliphatic hydroxyl groups excluding tert-OH is 1. The third-order valence-electron chi connectivity index (χ3n) is 3.16. The fourth-order valence-electron chi connectivity index (χ4n) is 2.16. The molecule has 1 fully saturated rings. The number of hydrogen-bond donors (Lipinski definition) is 1. The molecule has 0 radical (unpaired) electrons. The highest BCUT2D eigenvalue weighted by atomic mass is 79.9. The fourth-order valence-corrected chi connectivity index (χ4v) is 6.28. The summed E-state index contributed by atoms with van der Waals surface area (Å²) >= 11 is 4.20. The summed E-state index contributed by atoms with van der Waals surface area (Å²) in [6, 6.07) is 0.913. The monoisotopic (exact) mass is 383 g/mol. The summed E-state index contributed by atoms with van der Waals surface area (Å²) in [5.41, 5.74) is 0. The van der Waals surface area contributed by atoms with Crippen LogP contribution in [-0.4, -0.2) is 50.1 Å². The van der Waals surface area contributed by atoms with Gasteiger partial charge < -0.3 is 9.84 Å². The molecule has 0 amide bonds. The standard InChI is InChI=1S/C11H14BrNO5S2/c1-18-11(15)8-5-9(10(12)19-8)20(16,17)13-4-2-3-7(13)6-14/h5,7,14H,2-4,6H2,1H3. The predicted molar refractivity (Wildman–Crippen MR) is 77.4 cm³/mol. The minimum atomic E-state index is -3.72. The minimum Gasteiger partial charge on any atom is -0.465 e. The second kappa shape index (κ2) is 6.10. The molecule has 1 unspecified atom stereocenters. The highest BCUT2D eigenvalue weighted by Crippen LogP contribution is 2.36. The average Bonchev–Trinajstić information content (AvgIpc) is 3.04. The van der Waals surface area contributed by atoms with Crippen LogP contribution < -0.4 is 0 Å². The maximum atomic E-state index is 12.6. The quantitative estimate of drug-likeness (QED) is 0.795. The summed E-state index contributed by atoms with van der Waals surface area (Å²) in [5.74, 6) is -0.572. The lowest BCUT2D eigenvalue weighted by Gasteiger charge is -2.21. The Morgan fingerprint density at radius 3 is 2.95 bits per heavy atom. The Balaban J connectivity index is 2.39. The molecule has 1 saturated heterocycles. The third kappa shape index (κ3) is 2.77. The van der Waals surface area contributed by atoms with Gasteiger partial charge in [0, 0.05) is 12.6 Å². The Hall–Kier alpha value is -0.480. The molecule has 1 atom stereocenters. The van der Waals surface area contributed by atoms with Crippen molar-refractivity contribution in [1.29, 1.82) is 0 Å². The number of carbonyl (C=O) groups is 1. The van der Waals surface area contributed by atoms with Crippen LogP contribution >= 0.6 is 27.3 Å². The van der Waals surface area contributed by atoms with E-state index in [1.807, 2.05) is 0 Å². The van der Waals surface area contributed by atoms with Crippen molar-refractivity contribution in [2.75, 3.05) is 20.3 Å². The first-order chi connectivity index (χ1) is 9.41. The Labute approximate surface area is 129 Å². The predicted octanol–water partition coefficient (Wildman–Crippen LogP) is 1.44. The topological polar surface area (TPSA) is 83.9 Å². The zero-order chi connectivity index (χ0) is 14.9. The molecule has 112 valence electrons. The van der Waals surface area contributed by atoms with Crippen LogP contribution in [0.15, 0.2) is 14.7 Å². The number of ether oxygens (including phenoxy) is 1. The second-order valence-electron chi connectivity index (χ2n) is 4.33. The molecule has 0 spiro atoms. The molecule has 0 aromatic carbocycles. The second-order valence-corrected chi connectivity index (χ2v) is 8.56. The van der Waals surface area contributed by atoms with Crippen molar-refractivity contribution < 1.29 is 23.1 Å². The number of hydrogen-bond acceptors (Lipinski definition) is 6. The minimum absolute atomic E-state index is 0.0447. The zero-order valence-electron chi connectivity index (χ0n) is 10.7. The molecule has 0 aliphatic carbocycles. The van der Waals surface area contributed by atoms with Gasteiger partial charge in [0.1, 0.15) is 9.77 Å². The first-order valence-corrected chi connectivity index (χ1v) is 8.97. The van der Waals surface area contributed by atoms with Gasteiger partial charge in [-0.3, -0.25) is 0 Å². The number of esters is 1. The normalized spacial score (nSPS) is 20.2. The summed E-state index contributed by atoms with van der Waals surface area (Å²) in [6.45, 7) is 0.175. The van der Waals surface area contributed by atoms with Gasteiger partial charge in [0.2, 0.25) is 10.0 Å². The van der Waals surface area contributed by atoms with Crippen LogP contribution in [0.25, 0.3) is 0 Å². The van der Waals surface area contributed by atoms with Gasteiger partial charge in [0.15, 0.2) is 0 Å². The molecule has 9 heteroatoms. The van der Waals surface area contributed by atoms with E-state index in [0.29, 0.717) is 16.8 Å². The van der Waals surface area contributed by atoms with Gasteiger partial charge in [0.25, 0.3) is 0 Å². The highest BCUT2D eigenvalue weighted by Gasteiger charge is 2.37. The maximum Gasteiger partial charge on any atom is 0.348 e. The summed E-state index contributed by atoms with van der Waals surface area (Å²) in [6.07, 6.45) is 1.36. The smallest absolute Gasteiger partial charge is 0.348 e. The SMILES string of the molecule is COC(=O)c1cc(S(=O)(=O)N2CCCC2CO)c(Br)s1. The number of carbonyl (C=O) groups excluding carboxylic acids is 1. The van der Waals surface area contributed by atoms with Crippen molar-refractivity contribution in [1.82, 2.24) is 4.31 Å². The third-order valence-corrected chi connectivity index (χ3v) is 7.35. The number of sulfonamides is 1. The first kappa shape index (κ1) is 15.9. The molecule has 2 rings (SSSR count). The molecule has 2 heterocycles. The van der Waals surface area contributed by atoms with Crippen LogP contribution in [0.1, 0.15) is 22.5 Å². The Morgan fingerprint density at radius 1 is 1.65 bits per heavy atom. The number of halogens is 1. The zero-order valence-corrected chi connectivity index (χ0v) is 13.9. The van der Waals surface area contributed by atoms with E-state index >= 15 is 0 Å². The van der Waals surface area contributed by atoms with Gasteiger partial charge in [-0.1, -0.05) is 0 Å². The van der Waals surface area contributed by atoms with E-state index in [1.54, 1.807) is 0 Å². The van der Waals surface area contributed by atoms with Crippen molar-refractivity contribution in [3.63, 3.8) is 0 Å². The lowest BCUT2D eigenvalue weighted by Crippen LogP contribution is -2.37. The number of methoxy groups -OCH3 is 1. The first-order valence-electron chi connectivity index (χ1n) is 5.92. The van der Waals surface area contributed by atoms with Gasteiger partial charge in [-0.05, 0) is 34.8 Å². The lowest BCUT2D eigenvalue weighted by atomic mass is 10.2. The summed E-state index contributed by atoms with van der Waals surface area (Å²) < 4.78 is 31.4. The van der Waals surface area contributed by atoms with Crippen molar-refractivity contribution in [2.45, 2.75) is 23.8 Å². The van der Waals surface area contributed by atoms with Crippen molar-refractivity contribution in [2.24, 2.45) is 0 Å². The Kier molecular flexibility index (Phi) is 4.85. The molecular formula is C11H14BrNO5S2. The van der Waals surface area contributed by atoms with E-state index in [1.165, 1.54) is 17.5 Å².